The van der Waals surface area contributed by atoms with Crippen molar-refractivity contribution in [3.8, 4) is 0 Å². The van der Waals surface area contributed by atoms with Gasteiger partial charge in [-0.2, -0.15) is 0 Å². The van der Waals surface area contributed by atoms with Gasteiger partial charge in [0.25, 0.3) is 0 Å². The van der Waals surface area contributed by atoms with E-state index < -0.39 is 0 Å². The summed E-state index contributed by atoms with van der Waals surface area (Å²) in [6, 6.07) is 6.76. The molecule has 4 heteroatoms. The summed E-state index contributed by atoms with van der Waals surface area (Å²) >= 11 is 0. The number of carbonyl (C=O) groups excluding carboxylic acids is 1. The highest BCUT2D eigenvalue weighted by Gasteiger charge is 2.37. The molecule has 1 N–H and O–H groups in total. The van der Waals surface area contributed by atoms with Crippen LogP contribution in [-0.4, -0.2) is 52.9 Å². The number of aromatic nitrogens is 1. The van der Waals surface area contributed by atoms with E-state index in [0.717, 1.165) is 32.6 Å². The zero-order valence-electron chi connectivity index (χ0n) is 15.7. The quantitative estimate of drug-likeness (QED) is 0.840. The van der Waals surface area contributed by atoms with Gasteiger partial charge < -0.3 is 9.88 Å². The van der Waals surface area contributed by atoms with Gasteiger partial charge in [0.15, 0.2) is 0 Å². The van der Waals surface area contributed by atoms with Crippen LogP contribution in [0.4, 0.5) is 0 Å². The largest absolute Gasteiger partial charge is 0.361 e. The summed E-state index contributed by atoms with van der Waals surface area (Å²) in [5, 5.41) is 1.32. The molecule has 2 aliphatic rings. The predicted octanol–water partition coefficient (Wildman–Crippen LogP) is 3.46. The molecule has 2 atom stereocenters. The van der Waals surface area contributed by atoms with E-state index in [1.165, 1.54) is 27.6 Å². The Kier molecular flexibility index (Phi) is 4.45. The first-order valence-electron chi connectivity index (χ1n) is 9.62. The summed E-state index contributed by atoms with van der Waals surface area (Å²) in [5.74, 6) is 0.152. The number of rotatable bonds is 5. The summed E-state index contributed by atoms with van der Waals surface area (Å²) in [6.07, 6.45) is 7.33. The van der Waals surface area contributed by atoms with Crippen LogP contribution in [0.5, 0.6) is 0 Å². The van der Waals surface area contributed by atoms with Crippen LogP contribution in [0.25, 0.3) is 16.5 Å². The molecule has 1 aromatic heterocycles. The highest BCUT2D eigenvalue weighted by Crippen LogP contribution is 2.41. The molecule has 0 bridgehead atoms. The van der Waals surface area contributed by atoms with Crippen molar-refractivity contribution in [2.75, 3.05) is 26.2 Å². The van der Waals surface area contributed by atoms with Gasteiger partial charge in [-0.3, -0.25) is 9.69 Å². The summed E-state index contributed by atoms with van der Waals surface area (Å²) in [7, 11) is 0. The van der Waals surface area contributed by atoms with Gasteiger partial charge in [-0.25, -0.2) is 0 Å². The molecule has 4 rings (SSSR count). The molecular weight excluding hydrogens is 322 g/mol. The lowest BCUT2D eigenvalue weighted by molar-refractivity contribution is -0.134. The van der Waals surface area contributed by atoms with Gasteiger partial charge in [-0.05, 0) is 43.0 Å². The number of nitrogens with zero attached hydrogens (tertiary/aromatic N) is 2. The first kappa shape index (κ1) is 17.1. The minimum absolute atomic E-state index is 0.0863. The van der Waals surface area contributed by atoms with E-state index in [-0.39, 0.29) is 11.8 Å². The summed E-state index contributed by atoms with van der Waals surface area (Å²) < 4.78 is 0. The molecule has 0 saturated heterocycles. The highest BCUT2D eigenvalue weighted by molar-refractivity contribution is 5.99. The molecule has 0 spiro atoms. The van der Waals surface area contributed by atoms with Gasteiger partial charge in [-0.1, -0.05) is 24.3 Å². The second kappa shape index (κ2) is 6.76. The van der Waals surface area contributed by atoms with Crippen molar-refractivity contribution in [1.29, 1.82) is 0 Å². The predicted molar refractivity (Wildman–Crippen MR) is 107 cm³/mol. The first-order valence-corrected chi connectivity index (χ1v) is 9.62. The fourth-order valence-corrected chi connectivity index (χ4v) is 4.62. The molecule has 0 fully saturated rings. The minimum Gasteiger partial charge on any atom is -0.361 e. The van der Waals surface area contributed by atoms with Gasteiger partial charge in [-0.15, -0.1) is 6.58 Å². The van der Waals surface area contributed by atoms with E-state index in [9.17, 15) is 4.79 Å². The van der Waals surface area contributed by atoms with Crippen LogP contribution >= 0.6 is 0 Å². The number of hydrogen-bond donors (Lipinski definition) is 1. The second-order valence-corrected chi connectivity index (χ2v) is 7.24. The smallest absolute Gasteiger partial charge is 0.230 e. The number of benzene rings is 1. The standard InChI is InChI=1S/C22H27N3O/c1-4-10-25-14-16(22(26)24(5-2)6-3)11-18-17-8-7-9-19-21(17)15(13-23-19)12-20(18)25/h4,7-9,11,13,16,20,23H,1,5-6,10,12,14H2,2-3H3/t16-,20+/m1/s1. The van der Waals surface area contributed by atoms with Gasteiger partial charge >= 0.3 is 0 Å². The van der Waals surface area contributed by atoms with Crippen molar-refractivity contribution in [1.82, 2.24) is 14.8 Å². The Balaban J connectivity index is 1.81. The van der Waals surface area contributed by atoms with Crippen molar-refractivity contribution in [2.24, 2.45) is 5.92 Å². The molecule has 26 heavy (non-hydrogen) atoms. The number of carbonyl (C=O) groups is 1. The summed E-state index contributed by atoms with van der Waals surface area (Å²) in [6.45, 7) is 11.1. The third kappa shape index (κ3) is 2.60. The maximum absolute atomic E-state index is 13.0. The third-order valence-corrected chi connectivity index (χ3v) is 5.88. The molecule has 0 saturated carbocycles. The summed E-state index contributed by atoms with van der Waals surface area (Å²) in [4.78, 5) is 20.8. The summed E-state index contributed by atoms with van der Waals surface area (Å²) in [5.41, 5.74) is 5.15. The molecule has 1 amide bonds. The molecule has 1 aliphatic heterocycles. The number of H-pyrrole nitrogens is 1. The Hall–Kier alpha value is -2.33. The molecule has 136 valence electrons. The van der Waals surface area contributed by atoms with Crippen LogP contribution < -0.4 is 0 Å². The number of nitrogens with one attached hydrogen (secondary N) is 1. The van der Waals surface area contributed by atoms with E-state index in [0.29, 0.717) is 6.04 Å². The highest BCUT2D eigenvalue weighted by atomic mass is 16.2. The normalized spacial score (nSPS) is 22.0. The Labute approximate surface area is 155 Å². The zero-order chi connectivity index (χ0) is 18.3. The van der Waals surface area contributed by atoms with E-state index in [4.69, 9.17) is 0 Å². The van der Waals surface area contributed by atoms with E-state index >= 15 is 0 Å². The lowest BCUT2D eigenvalue weighted by Gasteiger charge is -2.42. The SMILES string of the molecule is C=CCN1C[C@H](C(=O)N(CC)CC)C=C2c3cccc4[nH]cc(c34)C[C@@H]21. The van der Waals surface area contributed by atoms with Crippen LogP contribution in [0.3, 0.4) is 0 Å². The van der Waals surface area contributed by atoms with Crippen LogP contribution in [0, 0.1) is 5.92 Å². The molecule has 2 heterocycles. The monoisotopic (exact) mass is 349 g/mol. The van der Waals surface area contributed by atoms with Crippen molar-refractivity contribution < 1.29 is 4.79 Å². The maximum atomic E-state index is 13.0. The Morgan fingerprint density at radius 2 is 2.19 bits per heavy atom. The van der Waals surface area contributed by atoms with Crippen LogP contribution in [0.1, 0.15) is 25.0 Å². The molecular formula is C22H27N3O. The molecule has 4 nitrogen and oxygen atoms in total. The number of hydrogen-bond acceptors (Lipinski definition) is 2. The van der Waals surface area contributed by atoms with Gasteiger partial charge in [0.05, 0.1) is 5.92 Å². The topological polar surface area (TPSA) is 39.3 Å². The van der Waals surface area contributed by atoms with E-state index in [1.54, 1.807) is 0 Å². The maximum Gasteiger partial charge on any atom is 0.230 e. The second-order valence-electron chi connectivity index (χ2n) is 7.24. The average Bonchev–Trinajstić information content (AvgIpc) is 3.08. The van der Waals surface area contributed by atoms with Crippen LogP contribution in [0.15, 0.2) is 43.1 Å². The average molecular weight is 349 g/mol. The zero-order valence-corrected chi connectivity index (χ0v) is 15.7. The van der Waals surface area contributed by atoms with Gasteiger partial charge in [0, 0.05) is 49.3 Å². The Morgan fingerprint density at radius 1 is 1.38 bits per heavy atom. The van der Waals surface area contributed by atoms with E-state index in [1.807, 2.05) is 11.0 Å². The third-order valence-electron chi connectivity index (χ3n) is 5.88. The Bertz CT molecular complexity index is 875. The molecule has 1 aliphatic carbocycles. The van der Waals surface area contributed by atoms with Gasteiger partial charge in [0.2, 0.25) is 5.91 Å². The molecule has 1 aromatic carbocycles. The van der Waals surface area contributed by atoms with Crippen molar-refractivity contribution in [3.63, 3.8) is 0 Å². The van der Waals surface area contributed by atoms with Crippen LogP contribution in [-0.2, 0) is 11.2 Å². The number of amides is 1. The fraction of sp³-hybridized carbons (Fsp3) is 0.409. The Morgan fingerprint density at radius 3 is 2.92 bits per heavy atom. The molecule has 0 unspecified atom stereocenters. The number of fused-ring (bicyclic) bond motifs is 2. The van der Waals surface area contributed by atoms with Crippen molar-refractivity contribution in [2.45, 2.75) is 26.3 Å². The fourth-order valence-electron chi connectivity index (χ4n) is 4.62. The van der Waals surface area contributed by atoms with E-state index in [2.05, 4.69) is 60.8 Å². The lowest BCUT2D eigenvalue weighted by Crippen LogP contribution is -2.49. The van der Waals surface area contributed by atoms with Crippen LogP contribution in [0.2, 0.25) is 0 Å². The molecule has 0 radical (unpaired) electrons. The number of aromatic amines is 1. The van der Waals surface area contributed by atoms with Crippen molar-refractivity contribution in [3.05, 3.63) is 54.3 Å². The molecule has 2 aromatic rings. The lowest BCUT2D eigenvalue weighted by atomic mass is 9.79. The minimum atomic E-state index is -0.0863. The van der Waals surface area contributed by atoms with Crippen molar-refractivity contribution >= 4 is 22.4 Å². The van der Waals surface area contributed by atoms with Gasteiger partial charge in [0.1, 0.15) is 0 Å². The first-order chi connectivity index (χ1) is 12.7.